The Morgan fingerprint density at radius 2 is 2.09 bits per heavy atom. The SMILES string of the molecule is CCN1CCCC1CN=C1NC(Nc2ccc(F)c(OC)c2)=NC(N)(CC2CCCCC2)N1. The highest BCUT2D eigenvalue weighted by molar-refractivity contribution is 6.07. The van der Waals surface area contributed by atoms with Gasteiger partial charge >= 0.3 is 0 Å². The number of methoxy groups -OCH3 is 1. The third-order valence-corrected chi connectivity index (χ3v) is 6.99. The normalized spacial score (nSPS) is 27.7. The molecule has 2 atom stereocenters. The summed E-state index contributed by atoms with van der Waals surface area (Å²) in [7, 11) is 1.45. The number of likely N-dealkylation sites (tertiary alicyclic amines) is 1. The summed E-state index contributed by atoms with van der Waals surface area (Å²) in [6.07, 6.45) is 9.28. The van der Waals surface area contributed by atoms with Crippen LogP contribution in [0.25, 0.3) is 0 Å². The van der Waals surface area contributed by atoms with Crippen molar-refractivity contribution in [2.24, 2.45) is 21.6 Å². The zero-order valence-electron chi connectivity index (χ0n) is 19.9. The van der Waals surface area contributed by atoms with Crippen LogP contribution in [-0.4, -0.2) is 55.4 Å². The van der Waals surface area contributed by atoms with Crippen LogP contribution >= 0.6 is 0 Å². The molecule has 0 aromatic heterocycles. The Kier molecular flexibility index (Phi) is 7.70. The first-order valence-corrected chi connectivity index (χ1v) is 12.3. The Morgan fingerprint density at radius 3 is 2.85 bits per heavy atom. The first-order chi connectivity index (χ1) is 16.0. The quantitative estimate of drug-likeness (QED) is 0.500. The minimum atomic E-state index is -0.946. The maximum absolute atomic E-state index is 13.9. The number of nitrogens with one attached hydrogen (secondary N) is 3. The fourth-order valence-corrected chi connectivity index (χ4v) is 5.26. The molecule has 1 saturated heterocycles. The number of benzene rings is 1. The van der Waals surface area contributed by atoms with Crippen LogP contribution in [0.15, 0.2) is 28.2 Å². The van der Waals surface area contributed by atoms with E-state index in [4.69, 9.17) is 20.5 Å². The molecule has 0 bridgehead atoms. The van der Waals surface area contributed by atoms with Gasteiger partial charge in [-0.05, 0) is 44.0 Å². The van der Waals surface area contributed by atoms with Crippen LogP contribution in [0.2, 0.25) is 0 Å². The Labute approximate surface area is 196 Å². The molecule has 1 aromatic carbocycles. The van der Waals surface area contributed by atoms with Crippen LogP contribution in [0, 0.1) is 11.7 Å². The minimum absolute atomic E-state index is 0.172. The third kappa shape index (κ3) is 6.14. The van der Waals surface area contributed by atoms with E-state index in [-0.39, 0.29) is 5.75 Å². The van der Waals surface area contributed by atoms with Gasteiger partial charge in [-0.3, -0.25) is 20.9 Å². The van der Waals surface area contributed by atoms with Crippen molar-refractivity contribution < 1.29 is 9.13 Å². The van der Waals surface area contributed by atoms with Crippen LogP contribution in [-0.2, 0) is 0 Å². The van der Waals surface area contributed by atoms with Gasteiger partial charge in [0.15, 0.2) is 17.4 Å². The number of nitrogens with zero attached hydrogens (tertiary/aromatic N) is 3. The number of ether oxygens (including phenoxy) is 1. The topological polar surface area (TPSA) is 99.3 Å². The van der Waals surface area contributed by atoms with Crippen molar-refractivity contribution >= 4 is 17.6 Å². The first kappa shape index (κ1) is 23.8. The molecule has 2 fully saturated rings. The highest BCUT2D eigenvalue weighted by atomic mass is 19.1. The summed E-state index contributed by atoms with van der Waals surface area (Å²) in [5.74, 6) is 0.482. The summed E-state index contributed by atoms with van der Waals surface area (Å²) in [6, 6.07) is 5.08. The van der Waals surface area contributed by atoms with Crippen LogP contribution in [0.3, 0.4) is 0 Å². The summed E-state index contributed by atoms with van der Waals surface area (Å²) >= 11 is 0. The standard InChI is InChI=1S/C24H38FN7O/c1-3-32-13-7-10-19(32)16-27-22-29-23(28-18-11-12-20(25)21(14-18)33-2)31-24(26,30-22)15-17-8-5-4-6-9-17/h11-12,14,17,19H,3-10,13,15-16,26H2,1-2H3,(H3,27,28,29,30,31). The molecular weight excluding hydrogens is 421 g/mol. The summed E-state index contributed by atoms with van der Waals surface area (Å²) in [5.41, 5.74) is 7.45. The van der Waals surface area contributed by atoms with Crippen LogP contribution in [0.5, 0.6) is 5.75 Å². The van der Waals surface area contributed by atoms with Gasteiger partial charge in [0.2, 0.25) is 11.9 Å². The van der Waals surface area contributed by atoms with Crippen molar-refractivity contribution in [1.29, 1.82) is 0 Å². The van der Waals surface area contributed by atoms with Crippen molar-refractivity contribution in [2.45, 2.75) is 70.1 Å². The highest BCUT2D eigenvalue weighted by Crippen LogP contribution is 2.30. The number of guanidine groups is 2. The van der Waals surface area contributed by atoms with Crippen LogP contribution in [0.4, 0.5) is 10.1 Å². The molecule has 0 radical (unpaired) electrons. The molecule has 182 valence electrons. The number of halogens is 1. The summed E-state index contributed by atoms with van der Waals surface area (Å²) in [4.78, 5) is 12.1. The lowest BCUT2D eigenvalue weighted by Gasteiger charge is -2.37. The van der Waals surface area contributed by atoms with E-state index in [1.165, 1.54) is 51.7 Å². The molecule has 0 spiro atoms. The van der Waals surface area contributed by atoms with Gasteiger partial charge in [-0.25, -0.2) is 9.38 Å². The van der Waals surface area contributed by atoms with Crippen molar-refractivity contribution in [3.05, 3.63) is 24.0 Å². The second kappa shape index (κ2) is 10.7. The molecule has 2 heterocycles. The molecule has 2 unspecified atom stereocenters. The lowest BCUT2D eigenvalue weighted by atomic mass is 9.85. The summed E-state index contributed by atoms with van der Waals surface area (Å²) in [5, 5.41) is 9.85. The molecular formula is C24H38FN7O. The van der Waals surface area contributed by atoms with E-state index in [2.05, 4.69) is 27.8 Å². The van der Waals surface area contributed by atoms with E-state index in [0.717, 1.165) is 25.9 Å². The number of hydrogen-bond acceptors (Lipinski definition) is 6. The molecule has 0 amide bonds. The van der Waals surface area contributed by atoms with E-state index in [9.17, 15) is 4.39 Å². The van der Waals surface area contributed by atoms with Crippen molar-refractivity contribution in [3.8, 4) is 5.75 Å². The predicted octanol–water partition coefficient (Wildman–Crippen LogP) is 3.22. The predicted molar refractivity (Wildman–Crippen MR) is 131 cm³/mol. The molecule has 1 aromatic rings. The van der Waals surface area contributed by atoms with Crippen LogP contribution in [0.1, 0.15) is 58.3 Å². The lowest BCUT2D eigenvalue weighted by Crippen LogP contribution is -2.65. The molecule has 5 N–H and O–H groups in total. The smallest absolute Gasteiger partial charge is 0.206 e. The maximum Gasteiger partial charge on any atom is 0.206 e. The van der Waals surface area contributed by atoms with Gasteiger partial charge in [0.1, 0.15) is 0 Å². The largest absolute Gasteiger partial charge is 0.494 e. The molecule has 1 aliphatic carbocycles. The summed E-state index contributed by atoms with van der Waals surface area (Å²) < 4.78 is 19.0. The van der Waals surface area contributed by atoms with Gasteiger partial charge in [-0.15, -0.1) is 0 Å². The fraction of sp³-hybridized carbons (Fsp3) is 0.667. The second-order valence-corrected chi connectivity index (χ2v) is 9.43. The molecule has 8 nitrogen and oxygen atoms in total. The molecule has 1 saturated carbocycles. The summed E-state index contributed by atoms with van der Waals surface area (Å²) in [6.45, 7) is 5.08. The Morgan fingerprint density at radius 1 is 1.27 bits per heavy atom. The first-order valence-electron chi connectivity index (χ1n) is 12.3. The van der Waals surface area contributed by atoms with E-state index in [1.807, 2.05) is 0 Å². The van der Waals surface area contributed by atoms with Gasteiger partial charge in [0.05, 0.1) is 13.7 Å². The Balaban J connectivity index is 1.53. The molecule has 33 heavy (non-hydrogen) atoms. The number of anilines is 1. The zero-order valence-corrected chi connectivity index (χ0v) is 19.9. The zero-order chi connectivity index (χ0) is 23.3. The molecule has 3 aliphatic rings. The van der Waals surface area contributed by atoms with Gasteiger partial charge in [0, 0.05) is 24.2 Å². The lowest BCUT2D eigenvalue weighted by molar-refractivity contribution is 0.245. The van der Waals surface area contributed by atoms with Gasteiger partial charge in [0.25, 0.3) is 0 Å². The van der Waals surface area contributed by atoms with Crippen molar-refractivity contribution in [2.75, 3.05) is 32.1 Å². The van der Waals surface area contributed by atoms with E-state index in [0.29, 0.717) is 36.1 Å². The minimum Gasteiger partial charge on any atom is -0.494 e. The average Bonchev–Trinajstić information content (AvgIpc) is 3.27. The van der Waals surface area contributed by atoms with Gasteiger partial charge in [-0.1, -0.05) is 39.0 Å². The molecule has 9 heteroatoms. The Bertz CT molecular complexity index is 870. The van der Waals surface area contributed by atoms with Crippen molar-refractivity contribution in [1.82, 2.24) is 15.5 Å². The Hall–Kier alpha value is -2.39. The maximum atomic E-state index is 13.9. The second-order valence-electron chi connectivity index (χ2n) is 9.43. The number of aliphatic imine (C=N–C) groups is 2. The third-order valence-electron chi connectivity index (χ3n) is 6.99. The number of rotatable bonds is 7. The average molecular weight is 460 g/mol. The van der Waals surface area contributed by atoms with Crippen LogP contribution < -0.4 is 26.4 Å². The number of likely N-dealkylation sites (N-methyl/N-ethyl adjacent to an activating group) is 1. The van der Waals surface area contributed by atoms with Crippen molar-refractivity contribution in [3.63, 3.8) is 0 Å². The molecule has 2 aliphatic heterocycles. The highest BCUT2D eigenvalue weighted by Gasteiger charge is 2.34. The monoisotopic (exact) mass is 459 g/mol. The van der Waals surface area contributed by atoms with Gasteiger partial charge < -0.3 is 15.4 Å². The van der Waals surface area contributed by atoms with E-state index >= 15 is 0 Å². The number of hydrogen-bond donors (Lipinski definition) is 4. The van der Waals surface area contributed by atoms with E-state index < -0.39 is 11.6 Å². The molecule has 4 rings (SSSR count). The van der Waals surface area contributed by atoms with Gasteiger partial charge in [-0.2, -0.15) is 0 Å². The van der Waals surface area contributed by atoms with E-state index in [1.54, 1.807) is 12.1 Å². The number of nitrogens with two attached hydrogens (primary N) is 1. The fourth-order valence-electron chi connectivity index (χ4n) is 5.26.